The number of aryl methyl sites for hydroxylation is 1. The first-order valence-electron chi connectivity index (χ1n) is 5.45. The number of hydrogen-bond donors (Lipinski definition) is 3. The average molecular weight is 431 g/mol. The van der Waals surface area contributed by atoms with Crippen molar-refractivity contribution in [1.29, 1.82) is 0 Å². The summed E-state index contributed by atoms with van der Waals surface area (Å²) in [5, 5.41) is 18.2. The highest BCUT2D eigenvalue weighted by Crippen LogP contribution is 2.28. The third-order valence-electron chi connectivity index (χ3n) is 2.53. The second kappa shape index (κ2) is 6.52. The molecule has 1 rings (SSSR count). The number of aliphatic hydroxyl groups excluding tert-OH is 1. The van der Waals surface area contributed by atoms with E-state index in [0.29, 0.717) is 8.95 Å². The normalized spacial score (nSPS) is 14.8. The van der Waals surface area contributed by atoms with Gasteiger partial charge in [-0.05, 0) is 47.5 Å². The Morgan fingerprint density at radius 1 is 1.30 bits per heavy atom. The van der Waals surface area contributed by atoms with E-state index in [1.807, 2.05) is 4.72 Å². The summed E-state index contributed by atoms with van der Waals surface area (Å²) in [7, 11) is -4.09. The number of rotatable bonds is 5. The molecule has 1 aromatic rings. The lowest BCUT2D eigenvalue weighted by atomic mass is 10.2. The SMILES string of the molecule is Cc1cc(Br)c(S(=O)(=O)NC(C(=O)O)C(C)O)cc1Br. The fourth-order valence-electron chi connectivity index (χ4n) is 1.42. The Kier molecular flexibility index (Phi) is 5.73. The highest BCUT2D eigenvalue weighted by atomic mass is 79.9. The van der Waals surface area contributed by atoms with Gasteiger partial charge in [0.25, 0.3) is 0 Å². The zero-order chi connectivity index (χ0) is 15.7. The van der Waals surface area contributed by atoms with Crippen LogP contribution >= 0.6 is 31.9 Å². The number of carboxylic acids is 1. The molecule has 1 aromatic carbocycles. The Morgan fingerprint density at radius 3 is 2.30 bits per heavy atom. The molecule has 9 heteroatoms. The summed E-state index contributed by atoms with van der Waals surface area (Å²) in [4.78, 5) is 10.8. The van der Waals surface area contributed by atoms with Crippen LogP contribution in [-0.2, 0) is 14.8 Å². The highest BCUT2D eigenvalue weighted by Gasteiger charge is 2.30. The van der Waals surface area contributed by atoms with Gasteiger partial charge in [0.05, 0.1) is 11.0 Å². The van der Waals surface area contributed by atoms with Crippen LogP contribution in [0, 0.1) is 6.92 Å². The Hall–Kier alpha value is -0.480. The van der Waals surface area contributed by atoms with Gasteiger partial charge in [-0.2, -0.15) is 4.72 Å². The summed E-state index contributed by atoms with van der Waals surface area (Å²) >= 11 is 6.35. The number of halogens is 2. The van der Waals surface area contributed by atoms with Crippen molar-refractivity contribution in [3.8, 4) is 0 Å². The second-order valence-electron chi connectivity index (χ2n) is 4.21. The average Bonchev–Trinajstić information content (AvgIpc) is 2.30. The predicted molar refractivity (Wildman–Crippen MR) is 80.0 cm³/mol. The van der Waals surface area contributed by atoms with Gasteiger partial charge in [-0.1, -0.05) is 15.9 Å². The van der Waals surface area contributed by atoms with E-state index in [9.17, 15) is 18.3 Å². The summed E-state index contributed by atoms with van der Waals surface area (Å²) in [6.45, 7) is 2.98. The number of carboxylic acid groups (broad SMARTS) is 1. The summed E-state index contributed by atoms with van der Waals surface area (Å²) < 4.78 is 27.2. The van der Waals surface area contributed by atoms with Crippen LogP contribution in [0.4, 0.5) is 0 Å². The van der Waals surface area contributed by atoms with Gasteiger partial charge in [-0.15, -0.1) is 0 Å². The molecule has 0 saturated carbocycles. The lowest BCUT2D eigenvalue weighted by Gasteiger charge is -2.18. The zero-order valence-electron chi connectivity index (χ0n) is 10.6. The van der Waals surface area contributed by atoms with Crippen LogP contribution in [0.15, 0.2) is 26.0 Å². The molecular formula is C11H13Br2NO5S. The monoisotopic (exact) mass is 429 g/mol. The Labute approximate surface area is 133 Å². The van der Waals surface area contributed by atoms with Gasteiger partial charge in [-0.25, -0.2) is 8.42 Å². The minimum atomic E-state index is -4.09. The van der Waals surface area contributed by atoms with Gasteiger partial charge in [0.2, 0.25) is 10.0 Å². The molecule has 0 aliphatic heterocycles. The zero-order valence-corrected chi connectivity index (χ0v) is 14.6. The van der Waals surface area contributed by atoms with E-state index in [4.69, 9.17) is 5.11 Å². The van der Waals surface area contributed by atoms with Crippen LogP contribution in [0.2, 0.25) is 0 Å². The van der Waals surface area contributed by atoms with Crippen molar-refractivity contribution in [3.05, 3.63) is 26.6 Å². The van der Waals surface area contributed by atoms with Crippen molar-refractivity contribution in [1.82, 2.24) is 4.72 Å². The van der Waals surface area contributed by atoms with Crippen molar-refractivity contribution in [2.24, 2.45) is 0 Å². The van der Waals surface area contributed by atoms with Crippen molar-refractivity contribution in [2.75, 3.05) is 0 Å². The third-order valence-corrected chi connectivity index (χ3v) is 5.79. The molecule has 0 aromatic heterocycles. The topological polar surface area (TPSA) is 104 Å². The maximum atomic E-state index is 12.2. The molecule has 0 heterocycles. The van der Waals surface area contributed by atoms with E-state index >= 15 is 0 Å². The van der Waals surface area contributed by atoms with Crippen LogP contribution in [0.5, 0.6) is 0 Å². The second-order valence-corrected chi connectivity index (χ2v) is 7.60. The van der Waals surface area contributed by atoms with Gasteiger partial charge in [-0.3, -0.25) is 4.79 Å². The van der Waals surface area contributed by atoms with E-state index in [-0.39, 0.29) is 4.90 Å². The van der Waals surface area contributed by atoms with Crippen LogP contribution in [-0.4, -0.2) is 36.7 Å². The van der Waals surface area contributed by atoms with Gasteiger partial charge in [0.15, 0.2) is 0 Å². The molecule has 2 atom stereocenters. The lowest BCUT2D eigenvalue weighted by molar-refractivity contribution is -0.141. The molecule has 112 valence electrons. The smallest absolute Gasteiger partial charge is 0.324 e. The minimum Gasteiger partial charge on any atom is -0.480 e. The number of aliphatic carboxylic acids is 1. The van der Waals surface area contributed by atoms with E-state index in [2.05, 4.69) is 31.9 Å². The summed E-state index contributed by atoms with van der Waals surface area (Å²) in [5.41, 5.74) is 0.820. The van der Waals surface area contributed by atoms with E-state index in [0.717, 1.165) is 5.56 Å². The fourth-order valence-corrected chi connectivity index (χ4v) is 4.36. The molecule has 2 unspecified atom stereocenters. The van der Waals surface area contributed by atoms with E-state index in [1.54, 1.807) is 13.0 Å². The standard InChI is InChI=1S/C11H13Br2NO5S/c1-5-3-8(13)9(4-7(5)12)20(18,19)14-10(6(2)15)11(16)17/h3-4,6,10,14-15H,1-2H3,(H,16,17). The predicted octanol–water partition coefficient (Wildman–Crippen LogP) is 1.63. The molecule has 0 fully saturated rings. The highest BCUT2D eigenvalue weighted by molar-refractivity contribution is 9.11. The Balaban J connectivity index is 3.24. The van der Waals surface area contributed by atoms with Gasteiger partial charge < -0.3 is 10.2 Å². The first-order valence-corrected chi connectivity index (χ1v) is 8.52. The molecule has 20 heavy (non-hydrogen) atoms. The minimum absolute atomic E-state index is 0.109. The van der Waals surface area contributed by atoms with Crippen LogP contribution < -0.4 is 4.72 Å². The lowest BCUT2D eigenvalue weighted by Crippen LogP contribution is -2.47. The summed E-state index contributed by atoms with van der Waals surface area (Å²) in [6.07, 6.45) is -1.37. The van der Waals surface area contributed by atoms with Crippen molar-refractivity contribution in [3.63, 3.8) is 0 Å². The Morgan fingerprint density at radius 2 is 1.85 bits per heavy atom. The van der Waals surface area contributed by atoms with Gasteiger partial charge in [0.1, 0.15) is 6.04 Å². The number of aliphatic hydroxyl groups is 1. The maximum Gasteiger partial charge on any atom is 0.324 e. The number of hydrogen-bond acceptors (Lipinski definition) is 4. The molecule has 0 spiro atoms. The van der Waals surface area contributed by atoms with E-state index in [1.165, 1.54) is 13.0 Å². The molecular weight excluding hydrogens is 418 g/mol. The summed E-state index contributed by atoms with van der Waals surface area (Å²) in [6, 6.07) is 1.34. The number of nitrogens with one attached hydrogen (secondary N) is 1. The molecule has 0 amide bonds. The quantitative estimate of drug-likeness (QED) is 0.658. The first kappa shape index (κ1) is 17.6. The van der Waals surface area contributed by atoms with Crippen LogP contribution in [0.3, 0.4) is 0 Å². The number of carbonyl (C=O) groups is 1. The van der Waals surface area contributed by atoms with Gasteiger partial charge >= 0.3 is 5.97 Å². The van der Waals surface area contributed by atoms with Gasteiger partial charge in [0, 0.05) is 8.95 Å². The molecule has 3 N–H and O–H groups in total. The number of benzene rings is 1. The van der Waals surface area contributed by atoms with Crippen molar-refractivity contribution in [2.45, 2.75) is 30.9 Å². The van der Waals surface area contributed by atoms with Crippen molar-refractivity contribution >= 4 is 47.9 Å². The van der Waals surface area contributed by atoms with Crippen molar-refractivity contribution < 1.29 is 23.4 Å². The van der Waals surface area contributed by atoms with Crippen LogP contribution in [0.25, 0.3) is 0 Å². The molecule has 6 nitrogen and oxygen atoms in total. The molecule has 0 bridgehead atoms. The third kappa shape index (κ3) is 4.01. The Bertz CT molecular complexity index is 630. The molecule has 0 aliphatic carbocycles. The first-order chi connectivity index (χ1) is 9.06. The fraction of sp³-hybridized carbons (Fsp3) is 0.364. The summed E-state index contributed by atoms with van der Waals surface area (Å²) in [5.74, 6) is -1.45. The molecule has 0 saturated heterocycles. The van der Waals surface area contributed by atoms with Crippen LogP contribution in [0.1, 0.15) is 12.5 Å². The largest absolute Gasteiger partial charge is 0.480 e. The maximum absolute atomic E-state index is 12.2. The molecule has 0 radical (unpaired) electrons. The molecule has 0 aliphatic rings. The van der Waals surface area contributed by atoms with E-state index < -0.39 is 28.1 Å². The number of sulfonamides is 1.